The molecule has 146 valence electrons. The Bertz CT molecular complexity index is 1220. The fourth-order valence-electron chi connectivity index (χ4n) is 3.18. The fraction of sp³-hybridized carbons (Fsp3) is 0.136. The minimum Gasteiger partial charge on any atom is -0.310 e. The summed E-state index contributed by atoms with van der Waals surface area (Å²) in [5, 5.41) is 3.27. The Morgan fingerprint density at radius 1 is 1.17 bits per heavy atom. The average Bonchev–Trinajstić information content (AvgIpc) is 3.03. The number of aromatic nitrogens is 3. The highest BCUT2D eigenvalue weighted by molar-refractivity contribution is 6.30. The van der Waals surface area contributed by atoms with E-state index in [0.717, 1.165) is 22.5 Å². The van der Waals surface area contributed by atoms with E-state index in [-0.39, 0.29) is 18.1 Å². The zero-order valence-electron chi connectivity index (χ0n) is 15.9. The summed E-state index contributed by atoms with van der Waals surface area (Å²) in [6, 6.07) is 12.0. The molecule has 0 bridgehead atoms. The number of pyridine rings is 2. The van der Waals surface area contributed by atoms with Crippen LogP contribution in [0.4, 0.5) is 10.2 Å². The number of hydrogen-bond acceptors (Lipinski definition) is 3. The number of aryl methyl sites for hydroxylation is 2. The molecule has 29 heavy (non-hydrogen) atoms. The summed E-state index contributed by atoms with van der Waals surface area (Å²) in [6.07, 6.45) is 3.49. The van der Waals surface area contributed by atoms with Crippen LogP contribution in [-0.2, 0) is 11.2 Å². The number of amides is 1. The molecule has 0 unspecified atom stereocenters. The van der Waals surface area contributed by atoms with Gasteiger partial charge in [-0.3, -0.25) is 4.79 Å². The number of benzene rings is 1. The Morgan fingerprint density at radius 2 is 2.00 bits per heavy atom. The summed E-state index contributed by atoms with van der Waals surface area (Å²) in [5.41, 5.74) is 4.42. The second-order valence-corrected chi connectivity index (χ2v) is 7.33. The molecule has 7 heteroatoms. The molecule has 4 rings (SSSR count). The highest BCUT2D eigenvalue weighted by Crippen LogP contribution is 2.27. The molecular formula is C22H18ClFN4O. The van der Waals surface area contributed by atoms with Gasteiger partial charge in [-0.1, -0.05) is 17.7 Å². The van der Waals surface area contributed by atoms with Crippen LogP contribution in [-0.4, -0.2) is 20.3 Å². The van der Waals surface area contributed by atoms with Gasteiger partial charge < -0.3 is 9.72 Å². The first-order valence-corrected chi connectivity index (χ1v) is 9.44. The van der Waals surface area contributed by atoms with E-state index in [2.05, 4.69) is 10.3 Å². The van der Waals surface area contributed by atoms with E-state index < -0.39 is 0 Å². The van der Waals surface area contributed by atoms with Crippen molar-refractivity contribution >= 4 is 29.0 Å². The first-order valence-electron chi connectivity index (χ1n) is 9.06. The standard InChI is InChI=1S/C22H18ClFN4O/c1-13-3-8-20-27-22(15-4-6-17(24)14(2)9-15)18(28(20)12-13)10-21(29)26-19-7-5-16(23)11-25-19/h3-9,11-12H,10H2,1-2H3,(H,25,26,29). The van der Waals surface area contributed by atoms with Gasteiger partial charge in [0.05, 0.1) is 22.8 Å². The van der Waals surface area contributed by atoms with Gasteiger partial charge in [0.15, 0.2) is 0 Å². The minimum atomic E-state index is -0.276. The number of nitrogens with zero attached hydrogens (tertiary/aromatic N) is 3. The highest BCUT2D eigenvalue weighted by atomic mass is 35.5. The predicted molar refractivity (Wildman–Crippen MR) is 112 cm³/mol. The van der Waals surface area contributed by atoms with E-state index in [9.17, 15) is 9.18 Å². The molecular weight excluding hydrogens is 391 g/mol. The van der Waals surface area contributed by atoms with Gasteiger partial charge in [0.25, 0.3) is 0 Å². The van der Waals surface area contributed by atoms with Crippen molar-refractivity contribution in [1.82, 2.24) is 14.4 Å². The average molecular weight is 409 g/mol. The molecule has 0 spiro atoms. The molecule has 0 saturated carbocycles. The third-order valence-electron chi connectivity index (χ3n) is 4.62. The molecule has 3 heterocycles. The third kappa shape index (κ3) is 3.98. The van der Waals surface area contributed by atoms with Gasteiger partial charge in [0.2, 0.25) is 5.91 Å². The van der Waals surface area contributed by atoms with Crippen molar-refractivity contribution in [3.63, 3.8) is 0 Å². The van der Waals surface area contributed by atoms with Gasteiger partial charge in [0, 0.05) is 18.0 Å². The number of carbonyl (C=O) groups excluding carboxylic acids is 1. The van der Waals surface area contributed by atoms with Crippen molar-refractivity contribution in [2.45, 2.75) is 20.3 Å². The summed E-state index contributed by atoms with van der Waals surface area (Å²) in [6.45, 7) is 3.68. The number of fused-ring (bicyclic) bond motifs is 1. The van der Waals surface area contributed by atoms with Crippen LogP contribution in [0.1, 0.15) is 16.8 Å². The lowest BCUT2D eigenvalue weighted by molar-refractivity contribution is -0.115. The van der Waals surface area contributed by atoms with Crippen LogP contribution < -0.4 is 5.32 Å². The zero-order valence-corrected chi connectivity index (χ0v) is 16.7. The van der Waals surface area contributed by atoms with Gasteiger partial charge in [-0.05, 0) is 61.4 Å². The summed E-state index contributed by atoms with van der Waals surface area (Å²) in [4.78, 5) is 21.5. The summed E-state index contributed by atoms with van der Waals surface area (Å²) < 4.78 is 15.6. The minimum absolute atomic E-state index is 0.0840. The molecule has 1 N–H and O–H groups in total. The monoisotopic (exact) mass is 408 g/mol. The Labute approximate surface area is 172 Å². The van der Waals surface area contributed by atoms with Crippen molar-refractivity contribution in [2.24, 2.45) is 0 Å². The molecule has 4 aromatic rings. The number of halogens is 2. The van der Waals surface area contributed by atoms with E-state index >= 15 is 0 Å². The van der Waals surface area contributed by atoms with Crippen LogP contribution in [0.5, 0.6) is 0 Å². The maximum atomic E-state index is 13.7. The smallest absolute Gasteiger partial charge is 0.231 e. The van der Waals surface area contributed by atoms with Crippen LogP contribution in [0, 0.1) is 19.7 Å². The summed E-state index contributed by atoms with van der Waals surface area (Å²) >= 11 is 5.84. The first kappa shape index (κ1) is 19.1. The normalized spacial score (nSPS) is 11.0. The molecule has 0 aliphatic heterocycles. The van der Waals surface area contributed by atoms with Crippen molar-refractivity contribution < 1.29 is 9.18 Å². The van der Waals surface area contributed by atoms with E-state index in [1.165, 1.54) is 12.3 Å². The number of imidazole rings is 1. The molecule has 0 radical (unpaired) electrons. The predicted octanol–water partition coefficient (Wildman–Crippen LogP) is 4.99. The molecule has 0 aliphatic rings. The van der Waals surface area contributed by atoms with Crippen LogP contribution in [0.3, 0.4) is 0 Å². The van der Waals surface area contributed by atoms with E-state index in [1.54, 1.807) is 31.2 Å². The van der Waals surface area contributed by atoms with E-state index in [4.69, 9.17) is 16.6 Å². The maximum absolute atomic E-state index is 13.7. The number of hydrogen-bond donors (Lipinski definition) is 1. The Kier molecular flexibility index (Phi) is 5.03. The van der Waals surface area contributed by atoms with Gasteiger partial charge in [0.1, 0.15) is 17.3 Å². The molecule has 3 aromatic heterocycles. The Balaban J connectivity index is 1.74. The lowest BCUT2D eigenvalue weighted by atomic mass is 10.1. The summed E-state index contributed by atoms with van der Waals surface area (Å²) in [5.74, 6) is -0.0896. The van der Waals surface area contributed by atoms with Gasteiger partial charge in [-0.2, -0.15) is 0 Å². The second-order valence-electron chi connectivity index (χ2n) is 6.89. The van der Waals surface area contributed by atoms with Gasteiger partial charge in [-0.15, -0.1) is 0 Å². The SMILES string of the molecule is Cc1ccc2nc(-c3ccc(F)c(C)c3)c(CC(=O)Nc3ccc(Cl)cn3)n2c1. The van der Waals surface area contributed by atoms with Gasteiger partial charge >= 0.3 is 0 Å². The number of anilines is 1. The maximum Gasteiger partial charge on any atom is 0.231 e. The molecule has 1 aromatic carbocycles. The molecule has 5 nitrogen and oxygen atoms in total. The number of rotatable bonds is 4. The Morgan fingerprint density at radius 3 is 2.72 bits per heavy atom. The topological polar surface area (TPSA) is 59.3 Å². The highest BCUT2D eigenvalue weighted by Gasteiger charge is 2.18. The molecule has 0 aliphatic carbocycles. The van der Waals surface area contributed by atoms with Crippen LogP contribution in [0.15, 0.2) is 54.9 Å². The largest absolute Gasteiger partial charge is 0.310 e. The second kappa shape index (κ2) is 7.64. The zero-order chi connectivity index (χ0) is 20.5. The fourth-order valence-corrected chi connectivity index (χ4v) is 3.29. The third-order valence-corrected chi connectivity index (χ3v) is 4.84. The van der Waals surface area contributed by atoms with Crippen molar-refractivity contribution in [3.05, 3.63) is 82.5 Å². The number of nitrogens with one attached hydrogen (secondary N) is 1. The molecule has 1 amide bonds. The lowest BCUT2D eigenvalue weighted by Gasteiger charge is -2.08. The van der Waals surface area contributed by atoms with Crippen molar-refractivity contribution in [2.75, 3.05) is 5.32 Å². The number of carbonyl (C=O) groups is 1. The quantitative estimate of drug-likeness (QED) is 0.517. The molecule has 0 fully saturated rings. The summed E-state index contributed by atoms with van der Waals surface area (Å²) in [7, 11) is 0. The Hall–Kier alpha value is -3.25. The van der Waals surface area contributed by atoms with Crippen LogP contribution >= 0.6 is 11.6 Å². The van der Waals surface area contributed by atoms with Crippen molar-refractivity contribution in [3.8, 4) is 11.3 Å². The van der Waals surface area contributed by atoms with E-state index in [0.29, 0.717) is 22.1 Å². The van der Waals surface area contributed by atoms with Crippen LogP contribution in [0.25, 0.3) is 16.9 Å². The van der Waals surface area contributed by atoms with E-state index in [1.807, 2.05) is 29.7 Å². The van der Waals surface area contributed by atoms with Gasteiger partial charge in [-0.25, -0.2) is 14.4 Å². The first-order chi connectivity index (χ1) is 13.9. The lowest BCUT2D eigenvalue weighted by Crippen LogP contribution is -2.16. The van der Waals surface area contributed by atoms with Crippen molar-refractivity contribution in [1.29, 1.82) is 0 Å². The molecule has 0 atom stereocenters. The molecule has 0 saturated heterocycles. The van der Waals surface area contributed by atoms with Crippen LogP contribution in [0.2, 0.25) is 5.02 Å².